The molecule has 3 aromatic rings. The summed E-state index contributed by atoms with van der Waals surface area (Å²) in [5, 5.41) is 26.5. The van der Waals surface area contributed by atoms with Gasteiger partial charge in [0, 0.05) is 23.9 Å². The number of ether oxygens (including phenoxy) is 4. The highest BCUT2D eigenvalue weighted by Gasteiger charge is 2.24. The Kier molecular flexibility index (Phi) is 13.9. The molecule has 2 atom stereocenters. The highest BCUT2D eigenvalue weighted by Crippen LogP contribution is 2.45. The van der Waals surface area contributed by atoms with Crippen molar-refractivity contribution in [3.05, 3.63) is 36.5 Å². The van der Waals surface area contributed by atoms with Gasteiger partial charge in [-0.25, -0.2) is 0 Å². The van der Waals surface area contributed by atoms with E-state index < -0.39 is 48.7 Å². The summed E-state index contributed by atoms with van der Waals surface area (Å²) >= 11 is 1.25. The van der Waals surface area contributed by atoms with Gasteiger partial charge in [-0.1, -0.05) is 6.07 Å². The fourth-order valence-corrected chi connectivity index (χ4v) is 5.44. The molecule has 1 heterocycles. The molecule has 1 aromatic heterocycles. The van der Waals surface area contributed by atoms with Crippen molar-refractivity contribution in [3.8, 4) is 44.6 Å². The van der Waals surface area contributed by atoms with Crippen molar-refractivity contribution < 1.29 is 43.2 Å². The molecule has 17 nitrogen and oxygen atoms in total. The molecule has 49 heavy (non-hydrogen) atoms. The fourth-order valence-electron chi connectivity index (χ4n) is 4.68. The molecule has 3 rings (SSSR count). The molecule has 0 saturated carbocycles. The van der Waals surface area contributed by atoms with Crippen molar-refractivity contribution in [2.75, 3.05) is 46.8 Å². The van der Waals surface area contributed by atoms with Gasteiger partial charge in [0.2, 0.25) is 23.5 Å². The van der Waals surface area contributed by atoms with Crippen LogP contribution in [0.3, 0.4) is 0 Å². The third-order valence-corrected chi connectivity index (χ3v) is 7.91. The van der Waals surface area contributed by atoms with Crippen molar-refractivity contribution in [1.82, 2.24) is 20.3 Å². The quantitative estimate of drug-likeness (QED) is 0.0526. The minimum absolute atomic E-state index is 0.131. The molecule has 0 fully saturated rings. The summed E-state index contributed by atoms with van der Waals surface area (Å²) in [7, 11) is 6.01. The van der Waals surface area contributed by atoms with Gasteiger partial charge < -0.3 is 56.8 Å². The van der Waals surface area contributed by atoms with Gasteiger partial charge in [-0.15, -0.1) is 0 Å². The largest absolute Gasteiger partial charge is 0.495 e. The van der Waals surface area contributed by atoms with Gasteiger partial charge in [-0.3, -0.25) is 24.6 Å². The summed E-state index contributed by atoms with van der Waals surface area (Å²) in [6.45, 7) is -0.293. The molecule has 264 valence electrons. The van der Waals surface area contributed by atoms with Gasteiger partial charge in [-0.05, 0) is 54.2 Å². The number of carboxylic acid groups (broad SMARTS) is 1. The topological polar surface area (TPSA) is 262 Å². The van der Waals surface area contributed by atoms with E-state index in [9.17, 15) is 19.2 Å². The zero-order chi connectivity index (χ0) is 36.1. The summed E-state index contributed by atoms with van der Waals surface area (Å²) in [6, 6.07) is 6.38. The second-order valence-electron chi connectivity index (χ2n) is 10.4. The molecular weight excluding hydrogens is 660 g/mol. The van der Waals surface area contributed by atoms with Crippen LogP contribution >= 0.6 is 11.5 Å². The predicted octanol–water partition coefficient (Wildman–Crippen LogP) is 1.12. The fraction of sp³-hybridized carbons (Fsp3) is 0.355. The van der Waals surface area contributed by atoms with E-state index in [1.54, 1.807) is 30.5 Å². The first-order valence-corrected chi connectivity index (χ1v) is 15.6. The van der Waals surface area contributed by atoms with Crippen LogP contribution in [0.1, 0.15) is 19.3 Å². The Labute approximate surface area is 286 Å². The Morgan fingerprint density at radius 1 is 0.939 bits per heavy atom. The Bertz CT molecular complexity index is 1640. The molecule has 0 saturated heterocycles. The van der Waals surface area contributed by atoms with Crippen LogP contribution in [0.15, 0.2) is 36.5 Å². The minimum atomic E-state index is -1.35. The molecule has 0 aliphatic carbocycles. The number of anilines is 1. The number of carbonyl (C=O) groups is 4. The number of hydrogen-bond acceptors (Lipinski definition) is 12. The monoisotopic (exact) mass is 700 g/mol. The SMILES string of the molecule is COc1ccc(-c2cnsc2-c2cc(OC)c(OC)c(OC)c2)cc1NC(=O)[C@H](CCCNC(=N)N)NC(=O)CNC(=O)[C@@H](N)CC(=O)O. The number of rotatable bonds is 18. The number of aromatic nitrogens is 1. The smallest absolute Gasteiger partial charge is 0.305 e. The number of hydrogen-bond donors (Lipinski definition) is 8. The molecule has 18 heteroatoms. The number of benzene rings is 2. The molecule has 0 unspecified atom stereocenters. The lowest BCUT2D eigenvalue weighted by atomic mass is 10.0. The molecule has 0 radical (unpaired) electrons. The van der Waals surface area contributed by atoms with E-state index in [4.69, 9.17) is 40.9 Å². The first-order valence-electron chi connectivity index (χ1n) is 14.8. The lowest BCUT2D eigenvalue weighted by molar-refractivity contribution is -0.139. The normalized spacial score (nSPS) is 11.8. The Balaban J connectivity index is 1.87. The molecule has 0 aliphatic heterocycles. The maximum absolute atomic E-state index is 13.6. The van der Waals surface area contributed by atoms with E-state index >= 15 is 0 Å². The van der Waals surface area contributed by atoms with Gasteiger partial charge in [0.1, 0.15) is 11.8 Å². The van der Waals surface area contributed by atoms with Crippen LogP contribution in [0, 0.1) is 5.41 Å². The zero-order valence-corrected chi connectivity index (χ0v) is 28.2. The number of methoxy groups -OCH3 is 4. The van der Waals surface area contributed by atoms with Crippen molar-refractivity contribution in [2.45, 2.75) is 31.3 Å². The lowest BCUT2D eigenvalue weighted by Crippen LogP contribution is -2.50. The van der Waals surface area contributed by atoms with Crippen LogP contribution in [-0.4, -0.2) is 92.7 Å². The third kappa shape index (κ3) is 10.4. The Hall–Kier alpha value is -5.62. The third-order valence-electron chi connectivity index (χ3n) is 7.06. The lowest BCUT2D eigenvalue weighted by Gasteiger charge is -2.20. The second-order valence-corrected chi connectivity index (χ2v) is 11.2. The standard InChI is InChI=1S/C31H40N8O9S/c1-45-22-8-7-16(18-14-37-49-28(18)17-11-23(46-2)27(48-4)24(12-17)47-3)10-21(22)39-30(44)20(6-5-9-35-31(33)34)38-25(40)15-36-29(43)19(32)13-26(41)42/h7-8,10-12,14,19-20H,5-6,9,13,15,32H2,1-4H3,(H,36,43)(H,38,40)(H,39,44)(H,41,42)(H4,33,34,35)/t19-,20-/m0/s1. The average Bonchev–Trinajstić information content (AvgIpc) is 3.57. The van der Waals surface area contributed by atoms with Crippen LogP contribution in [-0.2, 0) is 19.2 Å². The summed E-state index contributed by atoms with van der Waals surface area (Å²) in [5.74, 6) is -1.93. The zero-order valence-electron chi connectivity index (χ0n) is 27.4. The van der Waals surface area contributed by atoms with Crippen LogP contribution in [0.5, 0.6) is 23.0 Å². The van der Waals surface area contributed by atoms with Crippen molar-refractivity contribution in [3.63, 3.8) is 0 Å². The molecular formula is C31H40N8O9S. The van der Waals surface area contributed by atoms with E-state index in [0.717, 1.165) is 16.0 Å². The molecule has 0 bridgehead atoms. The van der Waals surface area contributed by atoms with Crippen molar-refractivity contribution >= 4 is 46.9 Å². The van der Waals surface area contributed by atoms with E-state index in [1.807, 2.05) is 6.07 Å². The summed E-state index contributed by atoms with van der Waals surface area (Å²) in [5.41, 5.74) is 13.4. The van der Waals surface area contributed by atoms with Gasteiger partial charge in [0.05, 0.1) is 58.0 Å². The summed E-state index contributed by atoms with van der Waals surface area (Å²) in [6.07, 6.45) is 1.54. The molecule has 10 N–H and O–H groups in total. The number of carbonyl (C=O) groups excluding carboxylic acids is 3. The molecule has 0 spiro atoms. The Morgan fingerprint density at radius 2 is 1.61 bits per heavy atom. The van der Waals surface area contributed by atoms with Gasteiger partial charge in [-0.2, -0.15) is 4.37 Å². The van der Waals surface area contributed by atoms with Gasteiger partial charge in [0.25, 0.3) is 0 Å². The second kappa shape index (κ2) is 18.1. The maximum Gasteiger partial charge on any atom is 0.305 e. The molecule has 3 amide bonds. The molecule has 2 aromatic carbocycles. The number of carboxylic acids is 1. The van der Waals surface area contributed by atoms with Crippen LogP contribution in [0.25, 0.3) is 21.6 Å². The summed E-state index contributed by atoms with van der Waals surface area (Å²) < 4.78 is 26.4. The van der Waals surface area contributed by atoms with Gasteiger partial charge >= 0.3 is 5.97 Å². The van der Waals surface area contributed by atoms with E-state index in [0.29, 0.717) is 40.7 Å². The number of nitrogens with one attached hydrogen (secondary N) is 5. The van der Waals surface area contributed by atoms with E-state index in [1.165, 1.54) is 40.0 Å². The number of nitrogens with two attached hydrogens (primary N) is 2. The number of guanidine groups is 1. The van der Waals surface area contributed by atoms with E-state index in [2.05, 4.69) is 25.6 Å². The summed E-state index contributed by atoms with van der Waals surface area (Å²) in [4.78, 5) is 50.1. The first kappa shape index (κ1) is 37.8. The first-order chi connectivity index (χ1) is 23.4. The number of nitrogens with zero attached hydrogens (tertiary/aromatic N) is 1. The Morgan fingerprint density at radius 3 is 2.20 bits per heavy atom. The van der Waals surface area contributed by atoms with Crippen LogP contribution < -0.4 is 51.7 Å². The van der Waals surface area contributed by atoms with E-state index in [-0.39, 0.29) is 18.9 Å². The van der Waals surface area contributed by atoms with Crippen molar-refractivity contribution in [2.24, 2.45) is 11.5 Å². The van der Waals surface area contributed by atoms with Crippen LogP contribution in [0.2, 0.25) is 0 Å². The highest BCUT2D eigenvalue weighted by atomic mass is 32.1. The average molecular weight is 701 g/mol. The number of amides is 3. The predicted molar refractivity (Wildman–Crippen MR) is 182 cm³/mol. The van der Waals surface area contributed by atoms with Crippen LogP contribution in [0.4, 0.5) is 5.69 Å². The highest BCUT2D eigenvalue weighted by molar-refractivity contribution is 7.10. The minimum Gasteiger partial charge on any atom is -0.495 e. The van der Waals surface area contributed by atoms with Crippen molar-refractivity contribution in [1.29, 1.82) is 5.41 Å². The molecule has 0 aliphatic rings. The number of aliphatic carboxylic acids is 1. The van der Waals surface area contributed by atoms with Gasteiger partial charge in [0.15, 0.2) is 17.5 Å². The maximum atomic E-state index is 13.6.